The fraction of sp³-hybridized carbons (Fsp3) is 0.200. The summed E-state index contributed by atoms with van der Waals surface area (Å²) in [6.45, 7) is 0.229. The molecule has 0 unspecified atom stereocenters. The van der Waals surface area contributed by atoms with Crippen LogP contribution < -0.4 is 10.5 Å². The minimum atomic E-state index is -0.189. The molecule has 0 atom stereocenters. The van der Waals surface area contributed by atoms with Crippen molar-refractivity contribution in [3.05, 3.63) is 59.4 Å². The summed E-state index contributed by atoms with van der Waals surface area (Å²) in [7, 11) is 1.63. The summed E-state index contributed by atoms with van der Waals surface area (Å²) in [5.74, 6) is 1.22. The second-order valence-electron chi connectivity index (χ2n) is 4.06. The van der Waals surface area contributed by atoms with E-state index in [1.165, 1.54) is 0 Å². The van der Waals surface area contributed by atoms with Crippen molar-refractivity contribution in [3.63, 3.8) is 0 Å². The Morgan fingerprint density at radius 1 is 1.11 bits per heavy atom. The normalized spacial score (nSPS) is 10.5. The van der Waals surface area contributed by atoms with E-state index in [4.69, 9.17) is 10.5 Å². The number of ether oxygens (including phenoxy) is 1. The number of hydrogen-bond acceptors (Lipinski definition) is 3. The van der Waals surface area contributed by atoms with Crippen molar-refractivity contribution in [1.29, 1.82) is 0 Å². The van der Waals surface area contributed by atoms with Gasteiger partial charge >= 0.3 is 0 Å². The van der Waals surface area contributed by atoms with Gasteiger partial charge in [-0.1, -0.05) is 18.2 Å². The average molecular weight is 277 g/mol. The first-order valence-electron chi connectivity index (χ1n) is 5.97. The van der Waals surface area contributed by atoms with Crippen molar-refractivity contribution in [3.8, 4) is 5.75 Å². The van der Waals surface area contributed by atoms with Crippen LogP contribution in [0.5, 0.6) is 5.75 Å². The molecule has 0 radical (unpaired) electrons. The molecule has 19 heavy (non-hydrogen) atoms. The third-order valence-corrected chi connectivity index (χ3v) is 3.89. The number of benzene rings is 2. The average Bonchev–Trinajstić information content (AvgIpc) is 2.47. The quantitative estimate of drug-likeness (QED) is 0.848. The SMILES string of the molecule is COc1ccc(SCc2cccc(CN)c2F)cc1. The second kappa shape index (κ2) is 6.59. The molecule has 2 N–H and O–H groups in total. The topological polar surface area (TPSA) is 35.2 Å². The first-order valence-corrected chi connectivity index (χ1v) is 6.96. The standard InChI is InChI=1S/C15H16FNOS/c1-18-13-5-7-14(8-6-13)19-10-12-4-2-3-11(9-17)15(12)16/h2-8H,9-10,17H2,1H3. The van der Waals surface area contributed by atoms with Gasteiger partial charge in [0.2, 0.25) is 0 Å². The van der Waals surface area contributed by atoms with Crippen LogP contribution in [0, 0.1) is 5.82 Å². The molecule has 0 aliphatic carbocycles. The van der Waals surface area contributed by atoms with Gasteiger partial charge in [-0.05, 0) is 29.8 Å². The Morgan fingerprint density at radius 3 is 2.42 bits per heavy atom. The molecule has 2 rings (SSSR count). The van der Waals surface area contributed by atoms with Crippen LogP contribution in [0.4, 0.5) is 4.39 Å². The Morgan fingerprint density at radius 2 is 1.79 bits per heavy atom. The Labute approximate surface area is 116 Å². The first-order chi connectivity index (χ1) is 9.24. The molecule has 0 aromatic heterocycles. The van der Waals surface area contributed by atoms with Crippen molar-refractivity contribution >= 4 is 11.8 Å². The molecule has 0 bridgehead atoms. The maximum atomic E-state index is 14.0. The van der Waals surface area contributed by atoms with Crippen LogP contribution in [0.2, 0.25) is 0 Å². The summed E-state index contributed by atoms with van der Waals surface area (Å²) in [4.78, 5) is 1.08. The van der Waals surface area contributed by atoms with Crippen molar-refractivity contribution < 1.29 is 9.13 Å². The van der Waals surface area contributed by atoms with Gasteiger partial charge in [0, 0.05) is 22.8 Å². The lowest BCUT2D eigenvalue weighted by atomic mass is 10.1. The van der Waals surface area contributed by atoms with Gasteiger partial charge < -0.3 is 10.5 Å². The number of methoxy groups -OCH3 is 1. The van der Waals surface area contributed by atoms with Gasteiger partial charge in [0.1, 0.15) is 11.6 Å². The van der Waals surface area contributed by atoms with Crippen LogP contribution in [-0.2, 0) is 12.3 Å². The number of halogens is 1. The van der Waals surface area contributed by atoms with Crippen molar-refractivity contribution in [2.24, 2.45) is 5.73 Å². The van der Waals surface area contributed by atoms with Gasteiger partial charge in [0.05, 0.1) is 7.11 Å². The maximum Gasteiger partial charge on any atom is 0.131 e. The van der Waals surface area contributed by atoms with E-state index in [1.807, 2.05) is 30.3 Å². The Balaban J connectivity index is 2.05. The molecule has 0 amide bonds. The van der Waals surface area contributed by atoms with Gasteiger partial charge in [-0.15, -0.1) is 11.8 Å². The molecule has 100 valence electrons. The van der Waals surface area contributed by atoms with E-state index in [1.54, 1.807) is 31.0 Å². The largest absolute Gasteiger partial charge is 0.497 e. The molecule has 0 aliphatic heterocycles. The van der Waals surface area contributed by atoms with Crippen LogP contribution >= 0.6 is 11.8 Å². The minimum absolute atomic E-state index is 0.189. The van der Waals surface area contributed by atoms with Gasteiger partial charge in [-0.3, -0.25) is 0 Å². The second-order valence-corrected chi connectivity index (χ2v) is 5.11. The van der Waals surface area contributed by atoms with E-state index in [-0.39, 0.29) is 12.4 Å². The highest BCUT2D eigenvalue weighted by molar-refractivity contribution is 7.98. The molecular weight excluding hydrogens is 261 g/mol. The number of nitrogens with two attached hydrogens (primary N) is 1. The lowest BCUT2D eigenvalue weighted by molar-refractivity contribution is 0.414. The first kappa shape index (κ1) is 13.9. The lowest BCUT2D eigenvalue weighted by Gasteiger charge is -2.07. The smallest absolute Gasteiger partial charge is 0.131 e. The monoisotopic (exact) mass is 277 g/mol. The van der Waals surface area contributed by atoms with E-state index in [0.29, 0.717) is 16.9 Å². The molecule has 2 nitrogen and oxygen atoms in total. The zero-order valence-corrected chi connectivity index (χ0v) is 11.5. The molecule has 0 fully saturated rings. The highest BCUT2D eigenvalue weighted by atomic mass is 32.2. The van der Waals surface area contributed by atoms with Crippen LogP contribution in [0.25, 0.3) is 0 Å². The highest BCUT2D eigenvalue weighted by Crippen LogP contribution is 2.26. The van der Waals surface area contributed by atoms with Crippen molar-refractivity contribution in [1.82, 2.24) is 0 Å². The van der Waals surface area contributed by atoms with Crippen molar-refractivity contribution in [2.75, 3.05) is 7.11 Å². The van der Waals surface area contributed by atoms with Crippen LogP contribution in [0.3, 0.4) is 0 Å². The molecule has 4 heteroatoms. The molecule has 0 heterocycles. The van der Waals surface area contributed by atoms with Gasteiger partial charge in [0.15, 0.2) is 0 Å². The predicted molar refractivity (Wildman–Crippen MR) is 76.8 cm³/mol. The summed E-state index contributed by atoms with van der Waals surface area (Å²) in [5.41, 5.74) is 6.74. The summed E-state index contributed by atoms with van der Waals surface area (Å²) < 4.78 is 19.1. The number of thioether (sulfide) groups is 1. The van der Waals surface area contributed by atoms with Gasteiger partial charge in [-0.25, -0.2) is 4.39 Å². The summed E-state index contributed by atoms with van der Waals surface area (Å²) >= 11 is 1.59. The molecule has 2 aromatic rings. The Kier molecular flexibility index (Phi) is 4.82. The van der Waals surface area contributed by atoms with Crippen LogP contribution in [0.1, 0.15) is 11.1 Å². The van der Waals surface area contributed by atoms with E-state index in [2.05, 4.69) is 0 Å². The van der Waals surface area contributed by atoms with Gasteiger partial charge in [0.25, 0.3) is 0 Å². The molecule has 0 saturated heterocycles. The minimum Gasteiger partial charge on any atom is -0.497 e. The van der Waals surface area contributed by atoms with Crippen LogP contribution in [0.15, 0.2) is 47.4 Å². The highest BCUT2D eigenvalue weighted by Gasteiger charge is 2.07. The van der Waals surface area contributed by atoms with Crippen molar-refractivity contribution in [2.45, 2.75) is 17.2 Å². The third-order valence-electron chi connectivity index (χ3n) is 2.83. The lowest BCUT2D eigenvalue weighted by Crippen LogP contribution is -2.02. The zero-order chi connectivity index (χ0) is 13.7. The predicted octanol–water partition coefficient (Wildman–Crippen LogP) is 3.59. The Hall–Kier alpha value is -1.52. The summed E-state index contributed by atoms with van der Waals surface area (Å²) in [6, 6.07) is 13.1. The summed E-state index contributed by atoms with van der Waals surface area (Å²) in [5, 5.41) is 0. The van der Waals surface area contributed by atoms with Gasteiger partial charge in [-0.2, -0.15) is 0 Å². The fourth-order valence-corrected chi connectivity index (χ4v) is 2.61. The number of hydrogen-bond donors (Lipinski definition) is 1. The van der Waals surface area contributed by atoms with Crippen LogP contribution in [-0.4, -0.2) is 7.11 Å². The van der Waals surface area contributed by atoms with E-state index >= 15 is 0 Å². The molecular formula is C15H16FNOS. The molecule has 0 saturated carbocycles. The fourth-order valence-electron chi connectivity index (χ4n) is 1.74. The summed E-state index contributed by atoms with van der Waals surface area (Å²) in [6.07, 6.45) is 0. The molecule has 2 aromatic carbocycles. The maximum absolute atomic E-state index is 14.0. The zero-order valence-electron chi connectivity index (χ0n) is 10.7. The number of rotatable bonds is 5. The van der Waals surface area contributed by atoms with E-state index < -0.39 is 0 Å². The Bertz CT molecular complexity index is 542. The third kappa shape index (κ3) is 3.49. The molecule has 0 spiro atoms. The van der Waals surface area contributed by atoms with E-state index in [0.717, 1.165) is 10.6 Å². The van der Waals surface area contributed by atoms with E-state index in [9.17, 15) is 4.39 Å². The molecule has 0 aliphatic rings.